The first-order valence-corrected chi connectivity index (χ1v) is 4.85. The number of nitrogens with two attached hydrogens (primary N) is 1. The van der Waals surface area contributed by atoms with Crippen molar-refractivity contribution in [3.05, 3.63) is 16.6 Å². The van der Waals surface area contributed by atoms with Crippen molar-refractivity contribution < 1.29 is 4.74 Å². The fourth-order valence-electron chi connectivity index (χ4n) is 1.13. The summed E-state index contributed by atoms with van der Waals surface area (Å²) in [7, 11) is 1.63. The van der Waals surface area contributed by atoms with Crippen LogP contribution in [0.1, 0.15) is 6.92 Å². The molecule has 13 heavy (non-hydrogen) atoms. The van der Waals surface area contributed by atoms with Crippen LogP contribution in [0.3, 0.4) is 0 Å². The third kappa shape index (κ3) is 2.06. The van der Waals surface area contributed by atoms with Crippen molar-refractivity contribution in [2.45, 2.75) is 6.92 Å². The van der Waals surface area contributed by atoms with E-state index in [9.17, 15) is 0 Å². The van der Waals surface area contributed by atoms with Gasteiger partial charge in [0.05, 0.1) is 17.3 Å². The predicted molar refractivity (Wildman–Crippen MR) is 59.3 cm³/mol. The van der Waals surface area contributed by atoms with Crippen LogP contribution in [0.15, 0.2) is 16.6 Å². The van der Waals surface area contributed by atoms with Crippen LogP contribution in [0.2, 0.25) is 0 Å². The van der Waals surface area contributed by atoms with Crippen LogP contribution in [-0.4, -0.2) is 13.7 Å². The van der Waals surface area contributed by atoms with Gasteiger partial charge in [0.25, 0.3) is 0 Å². The number of hydrogen-bond acceptors (Lipinski definition) is 3. The fraction of sp³-hybridized carbons (Fsp3) is 0.333. The summed E-state index contributed by atoms with van der Waals surface area (Å²) in [5, 5.41) is 3.16. The molecule has 0 aliphatic heterocycles. The fourth-order valence-corrected chi connectivity index (χ4v) is 1.62. The molecular weight excluding hydrogens is 232 g/mol. The van der Waals surface area contributed by atoms with Crippen molar-refractivity contribution in [3.8, 4) is 5.75 Å². The van der Waals surface area contributed by atoms with Crippen molar-refractivity contribution >= 4 is 27.3 Å². The van der Waals surface area contributed by atoms with Crippen LogP contribution in [0.4, 0.5) is 11.4 Å². The first-order chi connectivity index (χ1) is 6.20. The molecule has 1 aromatic carbocycles. The summed E-state index contributed by atoms with van der Waals surface area (Å²) in [4.78, 5) is 0. The molecule has 0 spiro atoms. The molecule has 3 nitrogen and oxygen atoms in total. The predicted octanol–water partition coefficient (Wildman–Crippen LogP) is 2.47. The van der Waals surface area contributed by atoms with Crippen molar-refractivity contribution in [1.82, 2.24) is 0 Å². The Morgan fingerprint density at radius 2 is 2.23 bits per heavy atom. The van der Waals surface area contributed by atoms with Gasteiger partial charge in [0.2, 0.25) is 0 Å². The van der Waals surface area contributed by atoms with E-state index < -0.39 is 0 Å². The molecule has 0 atom stereocenters. The van der Waals surface area contributed by atoms with Crippen molar-refractivity contribution in [1.29, 1.82) is 0 Å². The van der Waals surface area contributed by atoms with Gasteiger partial charge in [-0.25, -0.2) is 0 Å². The molecule has 0 bridgehead atoms. The first-order valence-electron chi connectivity index (χ1n) is 4.06. The minimum atomic E-state index is 0.696. The third-order valence-electron chi connectivity index (χ3n) is 1.70. The number of nitrogens with one attached hydrogen (secondary N) is 1. The Labute approximate surface area is 86.4 Å². The van der Waals surface area contributed by atoms with Crippen LogP contribution >= 0.6 is 15.9 Å². The molecule has 0 amide bonds. The third-order valence-corrected chi connectivity index (χ3v) is 2.32. The van der Waals surface area contributed by atoms with E-state index in [1.54, 1.807) is 7.11 Å². The van der Waals surface area contributed by atoms with Gasteiger partial charge in [-0.15, -0.1) is 0 Å². The van der Waals surface area contributed by atoms with Crippen LogP contribution < -0.4 is 15.8 Å². The number of benzene rings is 1. The van der Waals surface area contributed by atoms with Crippen molar-refractivity contribution in [2.24, 2.45) is 0 Å². The molecule has 0 aliphatic rings. The number of halogens is 1. The molecule has 0 aliphatic carbocycles. The Kier molecular flexibility index (Phi) is 3.42. The summed E-state index contributed by atoms with van der Waals surface area (Å²) in [5.41, 5.74) is 7.33. The highest BCUT2D eigenvalue weighted by molar-refractivity contribution is 9.10. The molecule has 0 saturated heterocycles. The zero-order valence-corrected chi connectivity index (χ0v) is 9.31. The van der Waals surface area contributed by atoms with E-state index in [1.807, 2.05) is 19.1 Å². The van der Waals surface area contributed by atoms with Crippen LogP contribution in [0, 0.1) is 0 Å². The number of methoxy groups -OCH3 is 1. The number of nitrogen functional groups attached to an aromatic ring is 1. The molecule has 4 heteroatoms. The Balaban J connectivity index is 3.18. The second kappa shape index (κ2) is 4.37. The van der Waals surface area contributed by atoms with Gasteiger partial charge in [-0.3, -0.25) is 0 Å². The summed E-state index contributed by atoms with van der Waals surface area (Å²) in [5.74, 6) is 0.752. The average molecular weight is 245 g/mol. The summed E-state index contributed by atoms with van der Waals surface area (Å²) in [6.45, 7) is 2.83. The normalized spacial score (nSPS) is 9.77. The highest BCUT2D eigenvalue weighted by Crippen LogP contribution is 2.37. The van der Waals surface area contributed by atoms with Gasteiger partial charge in [0, 0.05) is 6.54 Å². The zero-order chi connectivity index (χ0) is 9.84. The Bertz CT molecular complexity index is 302. The van der Waals surface area contributed by atoms with Gasteiger partial charge < -0.3 is 15.8 Å². The van der Waals surface area contributed by atoms with E-state index in [0.717, 1.165) is 22.5 Å². The van der Waals surface area contributed by atoms with Crippen LogP contribution in [0.25, 0.3) is 0 Å². The molecule has 1 aromatic rings. The Hall–Kier alpha value is -0.900. The Morgan fingerprint density at radius 1 is 1.54 bits per heavy atom. The largest absolute Gasteiger partial charge is 0.493 e. The molecule has 0 heterocycles. The van der Waals surface area contributed by atoms with Crippen LogP contribution in [-0.2, 0) is 0 Å². The zero-order valence-electron chi connectivity index (χ0n) is 7.73. The van der Waals surface area contributed by atoms with Gasteiger partial charge in [-0.2, -0.15) is 0 Å². The van der Waals surface area contributed by atoms with Crippen molar-refractivity contribution in [3.63, 3.8) is 0 Å². The second-order valence-electron chi connectivity index (χ2n) is 2.58. The maximum atomic E-state index is 5.79. The smallest absolute Gasteiger partial charge is 0.158 e. The number of rotatable bonds is 3. The molecule has 0 radical (unpaired) electrons. The highest BCUT2D eigenvalue weighted by atomic mass is 79.9. The van der Waals surface area contributed by atoms with Crippen molar-refractivity contribution in [2.75, 3.05) is 24.7 Å². The van der Waals surface area contributed by atoms with Crippen LogP contribution in [0.5, 0.6) is 5.75 Å². The maximum absolute atomic E-state index is 5.79. The molecule has 72 valence electrons. The SMILES string of the molecule is CCNc1c(N)ccc(Br)c1OC. The standard InChI is InChI=1S/C9H13BrN2O/c1-3-12-8-7(11)5-4-6(10)9(8)13-2/h4-5,12H,3,11H2,1-2H3. The monoisotopic (exact) mass is 244 g/mol. The minimum absolute atomic E-state index is 0.696. The van der Waals surface area contributed by atoms with E-state index in [0.29, 0.717) is 5.69 Å². The lowest BCUT2D eigenvalue weighted by Gasteiger charge is -2.13. The van der Waals surface area contributed by atoms with Gasteiger partial charge >= 0.3 is 0 Å². The minimum Gasteiger partial charge on any atom is -0.493 e. The van der Waals surface area contributed by atoms with Gasteiger partial charge in [0.1, 0.15) is 5.69 Å². The Morgan fingerprint density at radius 3 is 2.77 bits per heavy atom. The van der Waals surface area contributed by atoms with Gasteiger partial charge in [-0.05, 0) is 35.0 Å². The topological polar surface area (TPSA) is 47.3 Å². The lowest BCUT2D eigenvalue weighted by molar-refractivity contribution is 0.414. The molecular formula is C9H13BrN2O. The van der Waals surface area contributed by atoms with E-state index in [4.69, 9.17) is 10.5 Å². The molecule has 0 fully saturated rings. The first kappa shape index (κ1) is 10.2. The summed E-state index contributed by atoms with van der Waals surface area (Å²) in [6.07, 6.45) is 0. The lowest BCUT2D eigenvalue weighted by Crippen LogP contribution is -2.03. The number of hydrogen-bond donors (Lipinski definition) is 2. The van der Waals surface area contributed by atoms with Gasteiger partial charge in [0.15, 0.2) is 5.75 Å². The van der Waals surface area contributed by atoms with E-state index in [2.05, 4.69) is 21.2 Å². The highest BCUT2D eigenvalue weighted by Gasteiger charge is 2.09. The van der Waals surface area contributed by atoms with E-state index in [-0.39, 0.29) is 0 Å². The quantitative estimate of drug-likeness (QED) is 0.804. The van der Waals surface area contributed by atoms with E-state index >= 15 is 0 Å². The average Bonchev–Trinajstić information content (AvgIpc) is 2.12. The number of anilines is 2. The lowest BCUT2D eigenvalue weighted by atomic mass is 10.2. The number of ether oxygens (including phenoxy) is 1. The molecule has 3 N–H and O–H groups in total. The molecule has 0 aromatic heterocycles. The summed E-state index contributed by atoms with van der Waals surface area (Å²) in [6, 6.07) is 3.71. The van der Waals surface area contributed by atoms with E-state index in [1.165, 1.54) is 0 Å². The summed E-state index contributed by atoms with van der Waals surface area (Å²) >= 11 is 3.39. The summed E-state index contributed by atoms with van der Waals surface area (Å²) < 4.78 is 6.12. The molecule has 0 unspecified atom stereocenters. The molecule has 1 rings (SSSR count). The maximum Gasteiger partial charge on any atom is 0.158 e. The molecule has 0 saturated carbocycles. The second-order valence-corrected chi connectivity index (χ2v) is 3.43. The van der Waals surface area contributed by atoms with Gasteiger partial charge in [-0.1, -0.05) is 0 Å².